The number of amides is 1. The first-order valence-corrected chi connectivity index (χ1v) is 8.50. The van der Waals surface area contributed by atoms with Crippen LogP contribution in [0.2, 0.25) is 15.1 Å². The molecule has 0 bridgehead atoms. The second-order valence-corrected chi connectivity index (χ2v) is 6.66. The van der Waals surface area contributed by atoms with Gasteiger partial charge in [-0.25, -0.2) is 0 Å². The second-order valence-electron chi connectivity index (χ2n) is 5.44. The molecule has 0 aliphatic rings. The summed E-state index contributed by atoms with van der Waals surface area (Å²) in [6.07, 6.45) is 4.88. The summed E-state index contributed by atoms with van der Waals surface area (Å²) in [4.78, 5) is 12.1. The van der Waals surface area contributed by atoms with Crippen LogP contribution in [0.25, 0.3) is 0 Å². The van der Waals surface area contributed by atoms with Crippen molar-refractivity contribution in [1.29, 1.82) is 0 Å². The van der Waals surface area contributed by atoms with Crippen molar-refractivity contribution in [2.45, 2.75) is 20.0 Å². The molecule has 0 fully saturated rings. The molecule has 0 aliphatic heterocycles. The van der Waals surface area contributed by atoms with E-state index in [1.165, 1.54) is 4.68 Å². The van der Waals surface area contributed by atoms with Crippen molar-refractivity contribution in [3.63, 3.8) is 0 Å². The van der Waals surface area contributed by atoms with Crippen LogP contribution in [-0.4, -0.2) is 25.5 Å². The summed E-state index contributed by atoms with van der Waals surface area (Å²) in [6.45, 7) is 2.25. The lowest BCUT2D eigenvalue weighted by Crippen LogP contribution is -2.18. The third-order valence-corrected chi connectivity index (χ3v) is 4.57. The van der Waals surface area contributed by atoms with E-state index in [4.69, 9.17) is 34.8 Å². The summed E-state index contributed by atoms with van der Waals surface area (Å²) in [7, 11) is 0. The second kappa shape index (κ2) is 7.47. The Morgan fingerprint density at radius 3 is 2.48 bits per heavy atom. The number of halogens is 3. The third-order valence-electron chi connectivity index (χ3n) is 3.49. The minimum atomic E-state index is -0.227. The number of benzene rings is 1. The van der Waals surface area contributed by atoms with Crippen molar-refractivity contribution in [2.75, 3.05) is 5.32 Å². The Kier molecular flexibility index (Phi) is 5.32. The molecule has 3 rings (SSSR count). The zero-order valence-corrected chi connectivity index (χ0v) is 15.5. The van der Waals surface area contributed by atoms with E-state index in [0.717, 1.165) is 5.56 Å². The van der Waals surface area contributed by atoms with Crippen molar-refractivity contribution in [3.8, 4) is 0 Å². The van der Waals surface area contributed by atoms with Gasteiger partial charge in [-0.15, -0.1) is 0 Å². The Labute approximate surface area is 159 Å². The van der Waals surface area contributed by atoms with Crippen molar-refractivity contribution < 1.29 is 4.79 Å². The summed E-state index contributed by atoms with van der Waals surface area (Å²) in [6, 6.07) is 5.32. The normalized spacial score (nSPS) is 10.9. The summed E-state index contributed by atoms with van der Waals surface area (Å²) in [5.74, 6) is -0.227. The van der Waals surface area contributed by atoms with Crippen LogP contribution in [0.5, 0.6) is 0 Å². The van der Waals surface area contributed by atoms with Crippen LogP contribution < -0.4 is 5.32 Å². The van der Waals surface area contributed by atoms with E-state index >= 15 is 0 Å². The molecule has 1 amide bonds. The number of rotatable bonds is 5. The Morgan fingerprint density at radius 2 is 1.84 bits per heavy atom. The number of nitrogens with zero attached hydrogens (tertiary/aromatic N) is 4. The van der Waals surface area contributed by atoms with Gasteiger partial charge < -0.3 is 5.32 Å². The lowest BCUT2D eigenvalue weighted by molar-refractivity contribution is -0.116. The molecule has 2 heterocycles. The number of hydrogen-bond donors (Lipinski definition) is 1. The average Bonchev–Trinajstić information content (AvgIpc) is 3.10. The fourth-order valence-electron chi connectivity index (χ4n) is 2.28. The monoisotopic (exact) mass is 397 g/mol. The maximum atomic E-state index is 12.1. The molecule has 1 aromatic carbocycles. The van der Waals surface area contributed by atoms with Crippen LogP contribution in [-0.2, 0) is 17.9 Å². The number of carbonyl (C=O) groups excluding carboxylic acids is 1. The number of aromatic nitrogens is 4. The standard InChI is InChI=1S/C16H14Cl3N5O/c1-10-15(19)8-24(22-10)9-16(25)21-11-5-20-23(6-11)7-12-13(17)3-2-4-14(12)18/h2-6,8H,7,9H2,1H3,(H,21,25). The van der Waals surface area contributed by atoms with Gasteiger partial charge in [-0.1, -0.05) is 40.9 Å². The molecule has 0 unspecified atom stereocenters. The molecule has 9 heteroatoms. The summed E-state index contributed by atoms with van der Waals surface area (Å²) < 4.78 is 3.14. The summed E-state index contributed by atoms with van der Waals surface area (Å²) >= 11 is 18.2. The topological polar surface area (TPSA) is 64.7 Å². The van der Waals surface area contributed by atoms with Gasteiger partial charge in [0.2, 0.25) is 5.91 Å². The summed E-state index contributed by atoms with van der Waals surface area (Å²) in [5, 5.41) is 12.8. The lowest BCUT2D eigenvalue weighted by atomic mass is 10.2. The quantitative estimate of drug-likeness (QED) is 0.705. The van der Waals surface area contributed by atoms with Crippen LogP contribution in [0.3, 0.4) is 0 Å². The predicted molar refractivity (Wildman–Crippen MR) is 98.4 cm³/mol. The van der Waals surface area contributed by atoms with E-state index < -0.39 is 0 Å². The molecule has 0 saturated carbocycles. The van der Waals surface area contributed by atoms with E-state index in [-0.39, 0.29) is 12.5 Å². The predicted octanol–water partition coefficient (Wildman–Crippen LogP) is 4.04. The highest BCUT2D eigenvalue weighted by Gasteiger charge is 2.10. The van der Waals surface area contributed by atoms with Crippen molar-refractivity contribution >= 4 is 46.4 Å². The van der Waals surface area contributed by atoms with Crippen LogP contribution >= 0.6 is 34.8 Å². The van der Waals surface area contributed by atoms with E-state index in [1.807, 2.05) is 0 Å². The zero-order valence-electron chi connectivity index (χ0n) is 13.2. The van der Waals surface area contributed by atoms with Gasteiger partial charge >= 0.3 is 0 Å². The van der Waals surface area contributed by atoms with Gasteiger partial charge in [0.15, 0.2) is 0 Å². The van der Waals surface area contributed by atoms with Crippen LogP contribution in [0.4, 0.5) is 5.69 Å². The van der Waals surface area contributed by atoms with Gasteiger partial charge in [0.25, 0.3) is 0 Å². The molecule has 2 aromatic heterocycles. The largest absolute Gasteiger partial charge is 0.322 e. The molecule has 1 N–H and O–H groups in total. The van der Waals surface area contributed by atoms with Crippen LogP contribution in [0, 0.1) is 6.92 Å². The number of carbonyl (C=O) groups is 1. The smallest absolute Gasteiger partial charge is 0.246 e. The van der Waals surface area contributed by atoms with E-state index in [9.17, 15) is 4.79 Å². The summed E-state index contributed by atoms with van der Waals surface area (Å²) in [5.41, 5.74) is 2.02. The Morgan fingerprint density at radius 1 is 1.12 bits per heavy atom. The number of anilines is 1. The Hall–Kier alpha value is -2.02. The highest BCUT2D eigenvalue weighted by Crippen LogP contribution is 2.25. The van der Waals surface area contributed by atoms with Crippen LogP contribution in [0.1, 0.15) is 11.3 Å². The molecular formula is C16H14Cl3N5O. The first-order chi connectivity index (χ1) is 11.9. The fraction of sp³-hybridized carbons (Fsp3) is 0.188. The lowest BCUT2D eigenvalue weighted by Gasteiger charge is -2.06. The van der Waals surface area contributed by atoms with E-state index in [1.54, 1.807) is 48.4 Å². The van der Waals surface area contributed by atoms with Gasteiger partial charge in [0.1, 0.15) is 6.54 Å². The Bertz CT molecular complexity index is 879. The number of aryl methyl sites for hydroxylation is 1. The van der Waals surface area contributed by atoms with Crippen LogP contribution in [0.15, 0.2) is 36.8 Å². The maximum absolute atomic E-state index is 12.1. The van der Waals surface area contributed by atoms with Gasteiger partial charge in [-0.05, 0) is 19.1 Å². The van der Waals surface area contributed by atoms with Gasteiger partial charge in [-0.2, -0.15) is 10.2 Å². The molecule has 130 valence electrons. The van der Waals surface area contributed by atoms with E-state index in [2.05, 4.69) is 15.5 Å². The van der Waals surface area contributed by atoms with Gasteiger partial charge in [0, 0.05) is 28.0 Å². The molecule has 25 heavy (non-hydrogen) atoms. The Balaban J connectivity index is 1.64. The fourth-order valence-corrected chi connectivity index (χ4v) is 2.95. The van der Waals surface area contributed by atoms with E-state index in [0.29, 0.717) is 33.0 Å². The average molecular weight is 399 g/mol. The SMILES string of the molecule is Cc1nn(CC(=O)Nc2cnn(Cc3c(Cl)cccc3Cl)c2)cc1Cl. The number of hydrogen-bond acceptors (Lipinski definition) is 3. The van der Waals surface area contributed by atoms with Crippen molar-refractivity contribution in [2.24, 2.45) is 0 Å². The highest BCUT2D eigenvalue weighted by molar-refractivity contribution is 6.36. The molecular weight excluding hydrogens is 385 g/mol. The van der Waals surface area contributed by atoms with Crippen molar-refractivity contribution in [1.82, 2.24) is 19.6 Å². The van der Waals surface area contributed by atoms with Gasteiger partial charge in [-0.3, -0.25) is 14.2 Å². The molecule has 3 aromatic rings. The number of nitrogens with one attached hydrogen (secondary N) is 1. The molecule has 0 radical (unpaired) electrons. The first kappa shape index (κ1) is 17.8. The molecule has 6 nitrogen and oxygen atoms in total. The molecule has 0 spiro atoms. The highest BCUT2D eigenvalue weighted by atomic mass is 35.5. The minimum Gasteiger partial charge on any atom is -0.322 e. The third kappa shape index (κ3) is 4.34. The minimum absolute atomic E-state index is 0.0646. The molecule has 0 atom stereocenters. The molecule has 0 saturated heterocycles. The van der Waals surface area contributed by atoms with Crippen molar-refractivity contribution in [3.05, 3.63) is 63.1 Å². The van der Waals surface area contributed by atoms with Gasteiger partial charge in [0.05, 0.1) is 29.1 Å². The maximum Gasteiger partial charge on any atom is 0.246 e. The molecule has 0 aliphatic carbocycles. The zero-order chi connectivity index (χ0) is 18.0. The first-order valence-electron chi connectivity index (χ1n) is 7.37.